The number of carboxylic acid groups (broad SMARTS) is 1. The summed E-state index contributed by atoms with van der Waals surface area (Å²) in [5.41, 5.74) is 0.625. The van der Waals surface area contributed by atoms with Crippen LogP contribution in [0.3, 0.4) is 0 Å². The second kappa shape index (κ2) is 9.68. The van der Waals surface area contributed by atoms with Crippen molar-refractivity contribution < 1.29 is 19.4 Å². The first-order valence-corrected chi connectivity index (χ1v) is 13.4. The molecule has 4 nitrogen and oxygen atoms in total. The van der Waals surface area contributed by atoms with E-state index in [2.05, 4.69) is 27.4 Å². The molecule has 4 rings (SSSR count). The van der Waals surface area contributed by atoms with Crippen molar-refractivity contribution in [3.05, 3.63) is 12.8 Å². The number of hydrogen-bond acceptors (Lipinski definition) is 3. The van der Waals surface area contributed by atoms with Gasteiger partial charge in [-0.15, -0.1) is 0 Å². The molecule has 0 aromatic carbocycles. The highest BCUT2D eigenvalue weighted by Crippen LogP contribution is 2.68. The average Bonchev–Trinajstić information content (AvgIpc) is 3.13. The van der Waals surface area contributed by atoms with Gasteiger partial charge in [0.25, 0.3) is 0 Å². The van der Waals surface area contributed by atoms with E-state index in [9.17, 15) is 9.90 Å². The minimum absolute atomic E-state index is 0.144. The summed E-state index contributed by atoms with van der Waals surface area (Å²) in [4.78, 5) is 11.3. The standard InChI is InChI=1S/C28H46O4/c1-5-31-16-17-32-25-18-24-21(11-10-20-8-6-7-15-27(20,24)3)23-13-12-22(28(23,25)4)19(2)9-14-26(29)30/h5,19-25H,1,6-18H2,2-4H3,(H,29,30). The van der Waals surface area contributed by atoms with E-state index < -0.39 is 5.97 Å². The molecular weight excluding hydrogens is 400 g/mol. The first kappa shape index (κ1) is 24.1. The Balaban J connectivity index is 1.60. The second-order valence-electron chi connectivity index (χ2n) is 12.0. The van der Waals surface area contributed by atoms with Crippen LogP contribution >= 0.6 is 0 Å². The molecule has 0 aromatic rings. The monoisotopic (exact) mass is 446 g/mol. The van der Waals surface area contributed by atoms with Gasteiger partial charge in [-0.3, -0.25) is 4.79 Å². The normalized spacial score (nSPS) is 44.1. The van der Waals surface area contributed by atoms with Gasteiger partial charge in [0, 0.05) is 6.42 Å². The third kappa shape index (κ3) is 4.14. The van der Waals surface area contributed by atoms with Crippen molar-refractivity contribution in [2.75, 3.05) is 13.2 Å². The largest absolute Gasteiger partial charge is 0.499 e. The molecule has 4 aliphatic rings. The molecule has 0 radical (unpaired) electrons. The van der Waals surface area contributed by atoms with Crippen LogP contribution in [-0.2, 0) is 14.3 Å². The molecule has 0 aliphatic heterocycles. The summed E-state index contributed by atoms with van der Waals surface area (Å²) in [5, 5.41) is 9.27. The Morgan fingerprint density at radius 1 is 1.12 bits per heavy atom. The van der Waals surface area contributed by atoms with E-state index in [0.717, 1.165) is 24.2 Å². The number of rotatable bonds is 9. The van der Waals surface area contributed by atoms with E-state index >= 15 is 0 Å². The molecule has 9 unspecified atom stereocenters. The van der Waals surface area contributed by atoms with Crippen LogP contribution in [0.2, 0.25) is 0 Å². The van der Waals surface area contributed by atoms with Gasteiger partial charge >= 0.3 is 5.97 Å². The van der Waals surface area contributed by atoms with Crippen molar-refractivity contribution in [1.29, 1.82) is 0 Å². The van der Waals surface area contributed by atoms with E-state index in [1.54, 1.807) is 0 Å². The topological polar surface area (TPSA) is 55.8 Å². The summed E-state index contributed by atoms with van der Waals surface area (Å²) < 4.78 is 12.1. The molecular formula is C28H46O4. The first-order valence-electron chi connectivity index (χ1n) is 13.4. The van der Waals surface area contributed by atoms with Gasteiger partial charge in [0.05, 0.1) is 19.0 Å². The average molecular weight is 447 g/mol. The Labute approximate surface area is 195 Å². The minimum atomic E-state index is -0.668. The summed E-state index contributed by atoms with van der Waals surface area (Å²) in [6, 6.07) is 0. The predicted molar refractivity (Wildman–Crippen MR) is 127 cm³/mol. The molecule has 4 heteroatoms. The quantitative estimate of drug-likeness (QED) is 0.316. The van der Waals surface area contributed by atoms with Crippen LogP contribution in [0.5, 0.6) is 0 Å². The van der Waals surface area contributed by atoms with E-state index in [1.807, 2.05) is 0 Å². The number of ether oxygens (including phenoxy) is 2. The molecule has 0 amide bonds. The summed E-state index contributed by atoms with van der Waals surface area (Å²) in [5.74, 6) is 3.52. The Bertz CT molecular complexity index is 676. The molecule has 4 fully saturated rings. The number of carboxylic acids is 1. The smallest absolute Gasteiger partial charge is 0.303 e. The molecule has 1 N–H and O–H groups in total. The van der Waals surface area contributed by atoms with E-state index in [0.29, 0.717) is 36.4 Å². The van der Waals surface area contributed by atoms with Gasteiger partial charge in [0.1, 0.15) is 6.61 Å². The van der Waals surface area contributed by atoms with Gasteiger partial charge in [0.15, 0.2) is 0 Å². The number of fused-ring (bicyclic) bond motifs is 5. The Kier molecular flexibility index (Phi) is 7.29. The highest BCUT2D eigenvalue weighted by atomic mass is 16.5. The Morgan fingerprint density at radius 2 is 1.94 bits per heavy atom. The lowest BCUT2D eigenvalue weighted by Gasteiger charge is -2.62. The fourth-order valence-corrected chi connectivity index (χ4v) is 9.32. The molecule has 0 saturated heterocycles. The van der Waals surface area contributed by atoms with Gasteiger partial charge in [-0.25, -0.2) is 0 Å². The van der Waals surface area contributed by atoms with Crippen molar-refractivity contribution in [1.82, 2.24) is 0 Å². The van der Waals surface area contributed by atoms with Crippen molar-refractivity contribution in [2.45, 2.75) is 97.5 Å². The lowest BCUT2D eigenvalue weighted by Crippen LogP contribution is -2.59. The molecule has 182 valence electrons. The number of aliphatic carboxylic acids is 1. The fourth-order valence-electron chi connectivity index (χ4n) is 9.32. The zero-order chi connectivity index (χ0) is 22.9. The summed E-state index contributed by atoms with van der Waals surface area (Å²) >= 11 is 0. The summed E-state index contributed by atoms with van der Waals surface area (Å²) in [6.07, 6.45) is 15.0. The van der Waals surface area contributed by atoms with Crippen LogP contribution < -0.4 is 0 Å². The number of hydrogen-bond donors (Lipinski definition) is 1. The van der Waals surface area contributed by atoms with E-state index in [4.69, 9.17) is 9.47 Å². The van der Waals surface area contributed by atoms with Gasteiger partial charge < -0.3 is 14.6 Å². The van der Waals surface area contributed by atoms with Crippen LogP contribution in [0.15, 0.2) is 12.8 Å². The molecule has 4 saturated carbocycles. The molecule has 0 aromatic heterocycles. The maximum absolute atomic E-state index is 11.3. The SMILES string of the molecule is C=COCCOC1CC2C(CCC3CCCCC32C)C2CCC(C(C)CCC(=O)O)C12C. The lowest BCUT2D eigenvalue weighted by atomic mass is 9.44. The lowest BCUT2D eigenvalue weighted by molar-refractivity contribution is -0.187. The van der Waals surface area contributed by atoms with Crippen LogP contribution in [-0.4, -0.2) is 30.4 Å². The maximum atomic E-state index is 11.3. The van der Waals surface area contributed by atoms with Crippen molar-refractivity contribution >= 4 is 5.97 Å². The minimum Gasteiger partial charge on any atom is -0.499 e. The molecule has 0 bridgehead atoms. The first-order chi connectivity index (χ1) is 15.3. The van der Waals surface area contributed by atoms with Crippen LogP contribution in [0.1, 0.15) is 91.4 Å². The van der Waals surface area contributed by atoms with E-state index in [1.165, 1.54) is 64.0 Å². The summed E-state index contributed by atoms with van der Waals surface area (Å²) in [6.45, 7) is 12.3. The highest BCUT2D eigenvalue weighted by Gasteiger charge is 2.63. The third-order valence-electron chi connectivity index (χ3n) is 10.9. The third-order valence-corrected chi connectivity index (χ3v) is 10.9. The molecule has 0 heterocycles. The molecule has 4 aliphatic carbocycles. The van der Waals surface area contributed by atoms with Gasteiger partial charge in [-0.1, -0.05) is 40.2 Å². The zero-order valence-corrected chi connectivity index (χ0v) is 20.7. The maximum Gasteiger partial charge on any atom is 0.303 e. The second-order valence-corrected chi connectivity index (χ2v) is 12.0. The van der Waals surface area contributed by atoms with Crippen molar-refractivity contribution in [3.8, 4) is 0 Å². The predicted octanol–water partition coefficient (Wildman–Crippen LogP) is 6.69. The Morgan fingerprint density at radius 3 is 2.69 bits per heavy atom. The zero-order valence-electron chi connectivity index (χ0n) is 20.7. The highest BCUT2D eigenvalue weighted by molar-refractivity contribution is 5.66. The number of carbonyl (C=O) groups is 1. The van der Waals surface area contributed by atoms with E-state index in [-0.39, 0.29) is 17.9 Å². The molecule has 0 spiro atoms. The van der Waals surface area contributed by atoms with Gasteiger partial charge in [-0.05, 0) is 97.7 Å². The van der Waals surface area contributed by atoms with Crippen LogP contribution in [0, 0.1) is 46.3 Å². The molecule has 32 heavy (non-hydrogen) atoms. The van der Waals surface area contributed by atoms with Gasteiger partial charge in [-0.2, -0.15) is 0 Å². The fraction of sp³-hybridized carbons (Fsp3) is 0.893. The molecule has 9 atom stereocenters. The van der Waals surface area contributed by atoms with Gasteiger partial charge in [0.2, 0.25) is 0 Å². The van der Waals surface area contributed by atoms with Crippen molar-refractivity contribution in [2.24, 2.45) is 46.3 Å². The van der Waals surface area contributed by atoms with Crippen LogP contribution in [0.25, 0.3) is 0 Å². The Hall–Kier alpha value is -1.03. The van der Waals surface area contributed by atoms with Crippen LogP contribution in [0.4, 0.5) is 0 Å². The van der Waals surface area contributed by atoms with Crippen molar-refractivity contribution in [3.63, 3.8) is 0 Å². The summed E-state index contributed by atoms with van der Waals surface area (Å²) in [7, 11) is 0.